The number of alkyl halides is 4. The van der Waals surface area contributed by atoms with Gasteiger partial charge in [0.1, 0.15) is 5.88 Å². The summed E-state index contributed by atoms with van der Waals surface area (Å²) in [4.78, 5) is 14.2. The molecular formula is C21H22ClF3NO. The molecule has 0 heterocycles. The molecule has 0 spiro atoms. The van der Waals surface area contributed by atoms with Crippen LogP contribution >= 0.6 is 11.6 Å². The maximum absolute atomic E-state index is 12.8. The molecule has 1 radical (unpaired) electrons. The fourth-order valence-electron chi connectivity index (χ4n) is 3.16. The lowest BCUT2D eigenvalue weighted by atomic mass is 9.98. The van der Waals surface area contributed by atoms with Crippen LogP contribution in [0.3, 0.4) is 0 Å². The molecule has 0 saturated carbocycles. The Morgan fingerprint density at radius 2 is 1.81 bits per heavy atom. The molecule has 145 valence electrons. The Hall–Kier alpha value is -2.01. The summed E-state index contributed by atoms with van der Waals surface area (Å²) in [5.41, 5.74) is 2.49. The highest BCUT2D eigenvalue weighted by molar-refractivity contribution is 6.29. The zero-order valence-electron chi connectivity index (χ0n) is 15.3. The summed E-state index contributed by atoms with van der Waals surface area (Å²) >= 11 is 5.84. The first-order valence-electron chi connectivity index (χ1n) is 8.63. The third-order valence-corrected chi connectivity index (χ3v) is 4.73. The molecule has 2 aromatic carbocycles. The molecule has 27 heavy (non-hydrogen) atoms. The number of benzene rings is 2. The molecule has 1 amide bonds. The maximum atomic E-state index is 12.8. The lowest BCUT2D eigenvalue weighted by molar-refractivity contribution is -0.137. The van der Waals surface area contributed by atoms with Crippen molar-refractivity contribution in [2.24, 2.45) is 0 Å². The van der Waals surface area contributed by atoms with Crippen molar-refractivity contribution >= 4 is 23.2 Å². The summed E-state index contributed by atoms with van der Waals surface area (Å²) in [6.45, 7) is 7.56. The number of carbonyl (C=O) groups is 1. The van der Waals surface area contributed by atoms with E-state index in [0.29, 0.717) is 18.4 Å². The molecule has 0 aliphatic heterocycles. The first-order valence-corrected chi connectivity index (χ1v) is 9.17. The van der Waals surface area contributed by atoms with Gasteiger partial charge in [0.05, 0.1) is 17.3 Å². The van der Waals surface area contributed by atoms with Gasteiger partial charge in [0.15, 0.2) is 0 Å². The van der Waals surface area contributed by atoms with E-state index in [0.717, 1.165) is 28.9 Å². The summed E-state index contributed by atoms with van der Waals surface area (Å²) in [5.74, 6) is -0.521. The second kappa shape index (κ2) is 8.79. The Bertz CT molecular complexity index is 787. The van der Waals surface area contributed by atoms with E-state index >= 15 is 0 Å². The Balaban J connectivity index is 2.50. The maximum Gasteiger partial charge on any atom is 0.416 e. The normalized spacial score (nSPS) is 12.7. The fourth-order valence-corrected chi connectivity index (χ4v) is 3.28. The first kappa shape index (κ1) is 21.3. The van der Waals surface area contributed by atoms with Gasteiger partial charge in [-0.25, -0.2) is 0 Å². The molecule has 0 aromatic heterocycles. The number of anilines is 1. The molecule has 0 aliphatic rings. The number of rotatable bonds is 6. The molecule has 0 N–H and O–H groups in total. The minimum atomic E-state index is -4.40. The zero-order valence-corrected chi connectivity index (χ0v) is 16.1. The van der Waals surface area contributed by atoms with Crippen LogP contribution in [0.2, 0.25) is 0 Å². The fraction of sp³-hybridized carbons (Fsp3) is 0.333. The summed E-state index contributed by atoms with van der Waals surface area (Å²) in [7, 11) is 0. The van der Waals surface area contributed by atoms with Crippen LogP contribution in [0, 0.1) is 13.8 Å². The molecule has 2 aromatic rings. The van der Waals surface area contributed by atoms with Crippen molar-refractivity contribution in [2.75, 3.05) is 10.8 Å². The highest BCUT2D eigenvalue weighted by Gasteiger charge is 2.31. The number of amides is 1. The van der Waals surface area contributed by atoms with Gasteiger partial charge >= 0.3 is 6.18 Å². The molecule has 0 aliphatic carbocycles. The van der Waals surface area contributed by atoms with Crippen LogP contribution in [0.25, 0.3) is 0 Å². The van der Waals surface area contributed by atoms with Crippen molar-refractivity contribution in [1.29, 1.82) is 0 Å². The number of carbonyl (C=O) groups excluding carboxylic acids is 1. The molecule has 6 heteroatoms. The van der Waals surface area contributed by atoms with E-state index in [1.165, 1.54) is 12.1 Å². The van der Waals surface area contributed by atoms with E-state index in [4.69, 9.17) is 11.6 Å². The standard InChI is InChI=1S/C21H22ClF3NO/c1-4-6-17-8-5-7-14(2)20(17)26(19(27)13-22)15(3)16-9-11-18(12-10-16)21(23,24)25/h5,7-12,15H,1,4,6,13H2,2-3H3. The van der Waals surface area contributed by atoms with Gasteiger partial charge in [0, 0.05) is 0 Å². The number of nitrogens with zero attached hydrogens (tertiary/aromatic N) is 1. The van der Waals surface area contributed by atoms with Crippen molar-refractivity contribution in [3.63, 3.8) is 0 Å². The third kappa shape index (κ3) is 4.83. The predicted molar refractivity (Wildman–Crippen MR) is 103 cm³/mol. The number of halogens is 4. The Morgan fingerprint density at radius 3 is 2.33 bits per heavy atom. The Labute approximate surface area is 162 Å². The first-order chi connectivity index (χ1) is 12.7. The van der Waals surface area contributed by atoms with Crippen molar-refractivity contribution < 1.29 is 18.0 Å². The van der Waals surface area contributed by atoms with Gasteiger partial charge < -0.3 is 4.90 Å². The van der Waals surface area contributed by atoms with E-state index in [-0.39, 0.29) is 11.8 Å². The van der Waals surface area contributed by atoms with E-state index in [9.17, 15) is 18.0 Å². The van der Waals surface area contributed by atoms with Crippen LogP contribution in [0.15, 0.2) is 42.5 Å². The van der Waals surface area contributed by atoms with Crippen LogP contribution in [-0.4, -0.2) is 11.8 Å². The van der Waals surface area contributed by atoms with Gasteiger partial charge in [-0.1, -0.05) is 37.3 Å². The molecule has 1 unspecified atom stereocenters. The monoisotopic (exact) mass is 396 g/mol. The average Bonchev–Trinajstić information content (AvgIpc) is 2.63. The van der Waals surface area contributed by atoms with E-state index in [1.54, 1.807) is 11.8 Å². The summed E-state index contributed by atoms with van der Waals surface area (Å²) in [6, 6.07) is 10.1. The van der Waals surface area contributed by atoms with Crippen LogP contribution < -0.4 is 4.90 Å². The van der Waals surface area contributed by atoms with Gasteiger partial charge in [-0.15, -0.1) is 11.6 Å². The van der Waals surface area contributed by atoms with Gasteiger partial charge in [0.25, 0.3) is 0 Å². The van der Waals surface area contributed by atoms with Gasteiger partial charge in [-0.05, 0) is 55.5 Å². The Morgan fingerprint density at radius 1 is 1.19 bits per heavy atom. The molecule has 0 bridgehead atoms. The lowest BCUT2D eigenvalue weighted by Crippen LogP contribution is -2.36. The molecule has 0 fully saturated rings. The molecule has 0 saturated heterocycles. The molecule has 2 rings (SSSR count). The van der Waals surface area contributed by atoms with Crippen LogP contribution in [-0.2, 0) is 17.4 Å². The number of aryl methyl sites for hydroxylation is 2. The van der Waals surface area contributed by atoms with Crippen LogP contribution in [0.1, 0.15) is 41.6 Å². The van der Waals surface area contributed by atoms with Gasteiger partial charge in [0.2, 0.25) is 5.91 Å². The highest BCUT2D eigenvalue weighted by atomic mass is 35.5. The Kier molecular flexibility index (Phi) is 6.93. The van der Waals surface area contributed by atoms with Crippen molar-refractivity contribution in [2.45, 2.75) is 38.9 Å². The minimum absolute atomic E-state index is 0.219. The van der Waals surface area contributed by atoms with Crippen molar-refractivity contribution in [3.8, 4) is 0 Å². The minimum Gasteiger partial charge on any atom is -0.304 e. The average molecular weight is 397 g/mol. The van der Waals surface area contributed by atoms with Gasteiger partial charge in [-0.3, -0.25) is 4.79 Å². The number of para-hydroxylation sites is 1. The SMILES string of the molecule is [CH2]CCc1cccc(C)c1N(C(=O)CCl)C(C)c1ccc(C(F)(F)F)cc1. The highest BCUT2D eigenvalue weighted by Crippen LogP contribution is 2.35. The third-order valence-electron chi connectivity index (χ3n) is 4.50. The molecular weight excluding hydrogens is 375 g/mol. The smallest absolute Gasteiger partial charge is 0.304 e. The number of hydrogen-bond acceptors (Lipinski definition) is 1. The predicted octanol–water partition coefficient (Wildman–Crippen LogP) is 6.11. The summed E-state index contributed by atoms with van der Waals surface area (Å²) < 4.78 is 38.5. The van der Waals surface area contributed by atoms with Crippen molar-refractivity contribution in [1.82, 2.24) is 0 Å². The molecule has 1 atom stereocenters. The summed E-state index contributed by atoms with van der Waals surface area (Å²) in [6.07, 6.45) is -3.05. The van der Waals surface area contributed by atoms with E-state index in [2.05, 4.69) is 6.92 Å². The van der Waals surface area contributed by atoms with E-state index in [1.807, 2.05) is 25.1 Å². The largest absolute Gasteiger partial charge is 0.416 e. The molecule has 2 nitrogen and oxygen atoms in total. The van der Waals surface area contributed by atoms with Crippen molar-refractivity contribution in [3.05, 3.63) is 71.6 Å². The van der Waals surface area contributed by atoms with Crippen LogP contribution in [0.5, 0.6) is 0 Å². The topological polar surface area (TPSA) is 20.3 Å². The van der Waals surface area contributed by atoms with Crippen LogP contribution in [0.4, 0.5) is 18.9 Å². The number of hydrogen-bond donors (Lipinski definition) is 0. The second-order valence-corrected chi connectivity index (χ2v) is 6.65. The second-order valence-electron chi connectivity index (χ2n) is 6.38. The van der Waals surface area contributed by atoms with E-state index < -0.39 is 17.8 Å². The summed E-state index contributed by atoms with van der Waals surface area (Å²) in [5, 5.41) is 0. The quantitative estimate of drug-likeness (QED) is 0.539. The van der Waals surface area contributed by atoms with Gasteiger partial charge in [-0.2, -0.15) is 13.2 Å². The zero-order chi connectivity index (χ0) is 20.2. The lowest BCUT2D eigenvalue weighted by Gasteiger charge is -2.32.